The number of carbonyl (C=O) groups is 1. The maximum absolute atomic E-state index is 12.3. The number of aryl methyl sites for hydroxylation is 1. The SMILES string of the molecule is COc1ccc(NC(=O)c2cn3ccc(C)cc3n2)cc1Cl. The summed E-state index contributed by atoms with van der Waals surface area (Å²) in [6.07, 6.45) is 3.56. The van der Waals surface area contributed by atoms with Gasteiger partial charge in [0, 0.05) is 18.1 Å². The number of hydrogen-bond donors (Lipinski definition) is 1. The summed E-state index contributed by atoms with van der Waals surface area (Å²) in [5.74, 6) is 0.269. The number of aromatic nitrogens is 2. The summed E-state index contributed by atoms with van der Waals surface area (Å²) in [5, 5.41) is 3.21. The molecule has 6 heteroatoms. The normalized spacial score (nSPS) is 10.7. The van der Waals surface area contributed by atoms with Gasteiger partial charge >= 0.3 is 0 Å². The smallest absolute Gasteiger partial charge is 0.275 e. The van der Waals surface area contributed by atoms with Gasteiger partial charge in [0.05, 0.1) is 12.1 Å². The topological polar surface area (TPSA) is 55.6 Å². The van der Waals surface area contributed by atoms with Gasteiger partial charge in [-0.1, -0.05) is 11.6 Å². The molecule has 1 amide bonds. The second-order valence-corrected chi connectivity index (χ2v) is 5.31. The van der Waals surface area contributed by atoms with Crippen molar-refractivity contribution in [1.29, 1.82) is 0 Å². The van der Waals surface area contributed by atoms with E-state index in [0.29, 0.717) is 22.2 Å². The molecule has 3 rings (SSSR count). The van der Waals surface area contributed by atoms with Gasteiger partial charge in [0.25, 0.3) is 5.91 Å². The maximum Gasteiger partial charge on any atom is 0.275 e. The first-order chi connectivity index (χ1) is 10.6. The van der Waals surface area contributed by atoms with E-state index in [1.807, 2.05) is 29.7 Å². The van der Waals surface area contributed by atoms with Crippen LogP contribution in [-0.2, 0) is 0 Å². The molecule has 22 heavy (non-hydrogen) atoms. The molecule has 0 radical (unpaired) electrons. The Labute approximate surface area is 132 Å². The summed E-state index contributed by atoms with van der Waals surface area (Å²) in [5.41, 5.74) is 2.76. The first-order valence-corrected chi connectivity index (χ1v) is 7.05. The van der Waals surface area contributed by atoms with Gasteiger partial charge in [0.1, 0.15) is 17.1 Å². The second-order valence-electron chi connectivity index (χ2n) is 4.90. The Bertz CT molecular complexity index is 858. The Morgan fingerprint density at radius 1 is 1.32 bits per heavy atom. The second kappa shape index (κ2) is 5.69. The van der Waals surface area contributed by atoms with Gasteiger partial charge in [0.2, 0.25) is 0 Å². The quantitative estimate of drug-likeness (QED) is 0.804. The van der Waals surface area contributed by atoms with Crippen molar-refractivity contribution in [3.05, 3.63) is 59.0 Å². The fraction of sp³-hybridized carbons (Fsp3) is 0.125. The third kappa shape index (κ3) is 2.76. The van der Waals surface area contributed by atoms with Crippen LogP contribution in [0.4, 0.5) is 5.69 Å². The summed E-state index contributed by atoms with van der Waals surface area (Å²) in [4.78, 5) is 16.6. The van der Waals surface area contributed by atoms with E-state index in [1.54, 1.807) is 24.4 Å². The number of carbonyl (C=O) groups excluding carboxylic acids is 1. The van der Waals surface area contributed by atoms with Crippen LogP contribution in [0.5, 0.6) is 5.75 Å². The monoisotopic (exact) mass is 315 g/mol. The zero-order chi connectivity index (χ0) is 15.7. The number of hydrogen-bond acceptors (Lipinski definition) is 3. The Kier molecular flexibility index (Phi) is 3.73. The number of rotatable bonds is 3. The highest BCUT2D eigenvalue weighted by Gasteiger charge is 2.12. The largest absolute Gasteiger partial charge is 0.495 e. The molecule has 0 aliphatic carbocycles. The summed E-state index contributed by atoms with van der Waals surface area (Å²) in [7, 11) is 1.54. The maximum atomic E-state index is 12.3. The van der Waals surface area contributed by atoms with Gasteiger partial charge in [0.15, 0.2) is 0 Å². The Morgan fingerprint density at radius 2 is 2.14 bits per heavy atom. The molecule has 0 aliphatic rings. The fourth-order valence-corrected chi connectivity index (χ4v) is 2.39. The van der Waals surface area contributed by atoms with Gasteiger partial charge in [-0.2, -0.15) is 0 Å². The van der Waals surface area contributed by atoms with Crippen LogP contribution in [0.15, 0.2) is 42.7 Å². The molecule has 0 saturated carbocycles. The molecule has 1 N–H and O–H groups in total. The zero-order valence-corrected chi connectivity index (χ0v) is 12.9. The van der Waals surface area contributed by atoms with Crippen molar-refractivity contribution in [2.75, 3.05) is 12.4 Å². The van der Waals surface area contributed by atoms with Crippen LogP contribution in [0.1, 0.15) is 16.1 Å². The van der Waals surface area contributed by atoms with E-state index in [2.05, 4.69) is 10.3 Å². The molecule has 112 valence electrons. The average Bonchev–Trinajstić information content (AvgIpc) is 2.90. The molecule has 0 fully saturated rings. The molecule has 1 aromatic carbocycles. The third-order valence-electron chi connectivity index (χ3n) is 3.26. The van der Waals surface area contributed by atoms with Crippen LogP contribution in [0.25, 0.3) is 5.65 Å². The molecule has 0 bridgehead atoms. The Balaban J connectivity index is 1.85. The number of halogens is 1. The number of nitrogens with one attached hydrogen (secondary N) is 1. The predicted octanol–water partition coefficient (Wildman–Crippen LogP) is 3.56. The van der Waals surface area contributed by atoms with E-state index in [-0.39, 0.29) is 5.91 Å². The standard InChI is InChI=1S/C16H14ClN3O2/c1-10-5-6-20-9-13(19-15(20)7-10)16(21)18-11-3-4-14(22-2)12(17)8-11/h3-9H,1-2H3,(H,18,21). The summed E-state index contributed by atoms with van der Waals surface area (Å²) in [6, 6.07) is 8.94. The van der Waals surface area contributed by atoms with Crippen molar-refractivity contribution in [3.8, 4) is 5.75 Å². The molecule has 5 nitrogen and oxygen atoms in total. The first-order valence-electron chi connectivity index (χ1n) is 6.67. The van der Waals surface area contributed by atoms with E-state index < -0.39 is 0 Å². The van der Waals surface area contributed by atoms with Gasteiger partial charge in [-0.15, -0.1) is 0 Å². The van der Waals surface area contributed by atoms with Crippen LogP contribution >= 0.6 is 11.6 Å². The van der Waals surface area contributed by atoms with E-state index in [9.17, 15) is 4.79 Å². The number of benzene rings is 1. The van der Waals surface area contributed by atoms with E-state index in [4.69, 9.17) is 16.3 Å². The molecule has 2 aromatic heterocycles. The zero-order valence-electron chi connectivity index (χ0n) is 12.1. The highest BCUT2D eigenvalue weighted by molar-refractivity contribution is 6.32. The van der Waals surface area contributed by atoms with Crippen LogP contribution < -0.4 is 10.1 Å². The van der Waals surface area contributed by atoms with Gasteiger partial charge in [-0.05, 0) is 42.8 Å². The molecular weight excluding hydrogens is 302 g/mol. The van der Waals surface area contributed by atoms with Crippen molar-refractivity contribution in [1.82, 2.24) is 9.38 Å². The minimum atomic E-state index is -0.289. The lowest BCUT2D eigenvalue weighted by Crippen LogP contribution is -2.12. The lowest BCUT2D eigenvalue weighted by atomic mass is 10.3. The highest BCUT2D eigenvalue weighted by atomic mass is 35.5. The van der Waals surface area contributed by atoms with E-state index >= 15 is 0 Å². The molecular formula is C16H14ClN3O2. The third-order valence-corrected chi connectivity index (χ3v) is 3.55. The lowest BCUT2D eigenvalue weighted by Gasteiger charge is -2.06. The molecule has 0 aliphatic heterocycles. The number of pyridine rings is 1. The van der Waals surface area contributed by atoms with Crippen LogP contribution in [0.2, 0.25) is 5.02 Å². The Hall–Kier alpha value is -2.53. The van der Waals surface area contributed by atoms with Crippen LogP contribution in [0, 0.1) is 6.92 Å². The summed E-state index contributed by atoms with van der Waals surface area (Å²) >= 11 is 6.04. The molecule has 3 aromatic rings. The Morgan fingerprint density at radius 3 is 2.86 bits per heavy atom. The number of amides is 1. The fourth-order valence-electron chi connectivity index (χ4n) is 2.13. The molecule has 0 saturated heterocycles. The van der Waals surface area contributed by atoms with Gasteiger partial charge < -0.3 is 14.5 Å². The van der Waals surface area contributed by atoms with Crippen LogP contribution in [0.3, 0.4) is 0 Å². The number of fused-ring (bicyclic) bond motifs is 1. The molecule has 2 heterocycles. The summed E-state index contributed by atoms with van der Waals surface area (Å²) in [6.45, 7) is 1.98. The van der Waals surface area contributed by atoms with E-state index in [0.717, 1.165) is 11.2 Å². The van der Waals surface area contributed by atoms with Crippen molar-refractivity contribution in [3.63, 3.8) is 0 Å². The highest BCUT2D eigenvalue weighted by Crippen LogP contribution is 2.27. The van der Waals surface area contributed by atoms with Crippen molar-refractivity contribution in [2.24, 2.45) is 0 Å². The number of methoxy groups -OCH3 is 1. The number of nitrogens with zero attached hydrogens (tertiary/aromatic N) is 2. The lowest BCUT2D eigenvalue weighted by molar-refractivity contribution is 0.102. The molecule has 0 unspecified atom stereocenters. The minimum Gasteiger partial charge on any atom is -0.495 e. The number of imidazole rings is 1. The predicted molar refractivity (Wildman–Crippen MR) is 85.9 cm³/mol. The van der Waals surface area contributed by atoms with Crippen LogP contribution in [-0.4, -0.2) is 22.4 Å². The molecule has 0 spiro atoms. The van der Waals surface area contributed by atoms with Crippen molar-refractivity contribution in [2.45, 2.75) is 6.92 Å². The minimum absolute atomic E-state index is 0.289. The summed E-state index contributed by atoms with van der Waals surface area (Å²) < 4.78 is 6.89. The van der Waals surface area contributed by atoms with Crippen molar-refractivity contribution < 1.29 is 9.53 Å². The number of ether oxygens (including phenoxy) is 1. The first kappa shape index (κ1) is 14.4. The number of anilines is 1. The average molecular weight is 316 g/mol. The van der Waals surface area contributed by atoms with Crippen molar-refractivity contribution >= 4 is 28.8 Å². The van der Waals surface area contributed by atoms with Gasteiger partial charge in [-0.3, -0.25) is 4.79 Å². The van der Waals surface area contributed by atoms with E-state index in [1.165, 1.54) is 7.11 Å². The molecule has 0 atom stereocenters. The van der Waals surface area contributed by atoms with Gasteiger partial charge in [-0.25, -0.2) is 4.98 Å².